The molecule has 2 aromatic carbocycles. The van der Waals surface area contributed by atoms with E-state index < -0.39 is 0 Å². The first-order valence-corrected chi connectivity index (χ1v) is 8.68. The van der Waals surface area contributed by atoms with Gasteiger partial charge in [-0.3, -0.25) is 0 Å². The number of benzene rings is 2. The number of hydrogen-bond donors (Lipinski definition) is 1. The number of nitrogens with zero attached hydrogens (tertiary/aromatic N) is 3. The third-order valence-electron chi connectivity index (χ3n) is 4.33. The van der Waals surface area contributed by atoms with Gasteiger partial charge in [0.25, 0.3) is 0 Å². The Bertz CT molecular complexity index is 858. The molecule has 0 radical (unpaired) electrons. The number of aromatic nitrogens is 2. The Kier molecular flexibility index (Phi) is 4.24. The summed E-state index contributed by atoms with van der Waals surface area (Å²) in [6.45, 7) is 5.78. The molecule has 4 rings (SSSR count). The molecule has 1 N–H and O–H groups in total. The van der Waals surface area contributed by atoms with Gasteiger partial charge in [-0.05, 0) is 38.1 Å². The topological polar surface area (TPSA) is 50.3 Å². The molecule has 25 heavy (non-hydrogen) atoms. The van der Waals surface area contributed by atoms with E-state index in [0.717, 1.165) is 41.4 Å². The fraction of sp³-hybridized carbons (Fsp3) is 0.300. The lowest BCUT2D eigenvalue weighted by molar-refractivity contribution is -0.00569. The molecule has 3 aromatic rings. The Morgan fingerprint density at radius 3 is 2.36 bits per heavy atom. The van der Waals surface area contributed by atoms with Crippen LogP contribution in [0.3, 0.4) is 0 Å². The van der Waals surface area contributed by atoms with E-state index in [1.165, 1.54) is 0 Å². The molecule has 128 valence electrons. The maximum absolute atomic E-state index is 5.84. The van der Waals surface area contributed by atoms with Crippen LogP contribution in [-0.2, 0) is 4.74 Å². The van der Waals surface area contributed by atoms with Crippen molar-refractivity contribution in [1.29, 1.82) is 0 Å². The van der Waals surface area contributed by atoms with Gasteiger partial charge < -0.3 is 15.0 Å². The summed E-state index contributed by atoms with van der Waals surface area (Å²) in [5.41, 5.74) is 1.96. The van der Waals surface area contributed by atoms with E-state index in [0.29, 0.717) is 0 Å². The summed E-state index contributed by atoms with van der Waals surface area (Å²) in [5, 5.41) is 4.46. The van der Waals surface area contributed by atoms with Crippen molar-refractivity contribution in [2.24, 2.45) is 0 Å². The van der Waals surface area contributed by atoms with Crippen LogP contribution >= 0.6 is 0 Å². The second kappa shape index (κ2) is 6.69. The van der Waals surface area contributed by atoms with Crippen LogP contribution in [0.4, 0.5) is 17.5 Å². The van der Waals surface area contributed by atoms with Crippen LogP contribution in [0.2, 0.25) is 0 Å². The van der Waals surface area contributed by atoms with Gasteiger partial charge in [0.15, 0.2) is 0 Å². The van der Waals surface area contributed by atoms with Gasteiger partial charge in [-0.15, -0.1) is 0 Å². The van der Waals surface area contributed by atoms with E-state index in [2.05, 4.69) is 30.1 Å². The maximum atomic E-state index is 5.84. The fourth-order valence-corrected chi connectivity index (χ4v) is 3.30. The van der Waals surface area contributed by atoms with Crippen molar-refractivity contribution < 1.29 is 4.74 Å². The zero-order valence-electron chi connectivity index (χ0n) is 14.5. The third-order valence-corrected chi connectivity index (χ3v) is 4.33. The number of anilines is 3. The zero-order valence-corrected chi connectivity index (χ0v) is 14.5. The van der Waals surface area contributed by atoms with Crippen LogP contribution in [0.25, 0.3) is 10.9 Å². The van der Waals surface area contributed by atoms with Gasteiger partial charge in [-0.1, -0.05) is 30.3 Å². The number of nitrogens with one attached hydrogen (secondary N) is 1. The summed E-state index contributed by atoms with van der Waals surface area (Å²) in [7, 11) is 0. The lowest BCUT2D eigenvalue weighted by Crippen LogP contribution is -2.46. The number of rotatable bonds is 3. The minimum Gasteiger partial charge on any atom is -0.372 e. The van der Waals surface area contributed by atoms with Gasteiger partial charge in [0.1, 0.15) is 5.82 Å². The molecule has 1 aliphatic heterocycles. The molecule has 1 aliphatic rings. The Morgan fingerprint density at radius 2 is 1.60 bits per heavy atom. The Labute approximate surface area is 147 Å². The van der Waals surface area contributed by atoms with E-state index >= 15 is 0 Å². The van der Waals surface area contributed by atoms with E-state index in [9.17, 15) is 0 Å². The molecule has 2 atom stereocenters. The second-order valence-corrected chi connectivity index (χ2v) is 6.54. The molecule has 1 saturated heterocycles. The highest BCUT2D eigenvalue weighted by atomic mass is 16.5. The monoisotopic (exact) mass is 334 g/mol. The van der Waals surface area contributed by atoms with Crippen LogP contribution in [0, 0.1) is 0 Å². The molecule has 5 heteroatoms. The predicted molar refractivity (Wildman–Crippen MR) is 101 cm³/mol. The number of ether oxygens (including phenoxy) is 1. The lowest BCUT2D eigenvalue weighted by Gasteiger charge is -2.35. The summed E-state index contributed by atoms with van der Waals surface area (Å²) in [5.74, 6) is 1.58. The molecule has 2 heterocycles. The van der Waals surface area contributed by atoms with Crippen LogP contribution in [0.1, 0.15) is 13.8 Å². The SMILES string of the molecule is CC1CN(c2nc(Nc3ccccc3)c3ccccc3n2)CC(C)O1. The molecular weight excluding hydrogens is 312 g/mol. The van der Waals surface area contributed by atoms with Crippen molar-refractivity contribution in [3.8, 4) is 0 Å². The molecule has 0 spiro atoms. The standard InChI is InChI=1S/C20H22N4O/c1-14-12-24(13-15(2)25-14)20-22-18-11-7-6-10-17(18)19(23-20)21-16-8-4-3-5-9-16/h3-11,14-15H,12-13H2,1-2H3,(H,21,22,23). The predicted octanol–water partition coefficient (Wildman–Crippen LogP) is 3.99. The highest BCUT2D eigenvalue weighted by Crippen LogP contribution is 2.27. The molecule has 0 amide bonds. The average Bonchev–Trinajstić information content (AvgIpc) is 2.62. The molecule has 1 aromatic heterocycles. The van der Waals surface area contributed by atoms with Gasteiger partial charge in [0.05, 0.1) is 17.7 Å². The molecule has 0 bridgehead atoms. The van der Waals surface area contributed by atoms with Crippen LogP contribution in [0.5, 0.6) is 0 Å². The van der Waals surface area contributed by atoms with E-state index in [4.69, 9.17) is 14.7 Å². The molecular formula is C20H22N4O. The van der Waals surface area contributed by atoms with Crippen molar-refractivity contribution >= 4 is 28.4 Å². The number of para-hydroxylation sites is 2. The first-order chi connectivity index (χ1) is 12.2. The maximum Gasteiger partial charge on any atom is 0.228 e. The van der Waals surface area contributed by atoms with Crippen LogP contribution in [-0.4, -0.2) is 35.3 Å². The average molecular weight is 334 g/mol. The third kappa shape index (κ3) is 3.42. The second-order valence-electron chi connectivity index (χ2n) is 6.54. The van der Waals surface area contributed by atoms with Gasteiger partial charge in [-0.25, -0.2) is 4.98 Å². The number of morpholine rings is 1. The normalized spacial score (nSPS) is 20.6. The van der Waals surface area contributed by atoms with Crippen LogP contribution in [0.15, 0.2) is 54.6 Å². The molecule has 0 aliphatic carbocycles. The summed E-state index contributed by atoms with van der Waals surface area (Å²) in [6, 6.07) is 18.2. The molecule has 5 nitrogen and oxygen atoms in total. The lowest BCUT2D eigenvalue weighted by atomic mass is 10.2. The van der Waals surface area contributed by atoms with Crippen molar-refractivity contribution in [1.82, 2.24) is 9.97 Å². The van der Waals surface area contributed by atoms with Crippen molar-refractivity contribution in [2.45, 2.75) is 26.1 Å². The Morgan fingerprint density at radius 1 is 0.920 bits per heavy atom. The summed E-state index contributed by atoms with van der Waals surface area (Å²) in [6.07, 6.45) is 0.341. The van der Waals surface area contributed by atoms with Crippen molar-refractivity contribution in [2.75, 3.05) is 23.3 Å². The number of fused-ring (bicyclic) bond motifs is 1. The highest BCUT2D eigenvalue weighted by Gasteiger charge is 2.24. The highest BCUT2D eigenvalue weighted by molar-refractivity contribution is 5.91. The smallest absolute Gasteiger partial charge is 0.228 e. The number of hydrogen-bond acceptors (Lipinski definition) is 5. The van der Waals surface area contributed by atoms with Gasteiger partial charge >= 0.3 is 0 Å². The van der Waals surface area contributed by atoms with Gasteiger partial charge in [0.2, 0.25) is 5.95 Å². The first-order valence-electron chi connectivity index (χ1n) is 8.68. The molecule has 0 saturated carbocycles. The fourth-order valence-electron chi connectivity index (χ4n) is 3.30. The van der Waals surface area contributed by atoms with Crippen molar-refractivity contribution in [3.05, 3.63) is 54.6 Å². The summed E-state index contributed by atoms with van der Waals surface area (Å²) >= 11 is 0. The molecule has 1 fully saturated rings. The minimum absolute atomic E-state index is 0.171. The Hall–Kier alpha value is -2.66. The van der Waals surface area contributed by atoms with Crippen molar-refractivity contribution in [3.63, 3.8) is 0 Å². The van der Waals surface area contributed by atoms with Gasteiger partial charge in [-0.2, -0.15) is 4.98 Å². The van der Waals surface area contributed by atoms with E-state index in [1.54, 1.807) is 0 Å². The minimum atomic E-state index is 0.171. The van der Waals surface area contributed by atoms with Crippen LogP contribution < -0.4 is 10.2 Å². The largest absolute Gasteiger partial charge is 0.372 e. The van der Waals surface area contributed by atoms with Gasteiger partial charge in [0, 0.05) is 24.2 Å². The zero-order chi connectivity index (χ0) is 17.2. The summed E-state index contributed by atoms with van der Waals surface area (Å²) < 4.78 is 5.84. The summed E-state index contributed by atoms with van der Waals surface area (Å²) in [4.78, 5) is 11.8. The van der Waals surface area contributed by atoms with E-state index in [-0.39, 0.29) is 12.2 Å². The van der Waals surface area contributed by atoms with E-state index in [1.807, 2.05) is 48.5 Å². The Balaban J connectivity index is 1.76. The quantitative estimate of drug-likeness (QED) is 0.785. The first kappa shape index (κ1) is 15.8. The molecule has 2 unspecified atom stereocenters.